The molecule has 0 aromatic heterocycles. The van der Waals surface area contributed by atoms with Crippen LogP contribution in [0.2, 0.25) is 5.02 Å². The van der Waals surface area contributed by atoms with Crippen LogP contribution in [0.25, 0.3) is 0 Å². The Hall–Kier alpha value is -2.20. The Morgan fingerprint density at radius 3 is 2.81 bits per heavy atom. The molecule has 2 aromatic carbocycles. The molecule has 0 unspecified atom stereocenters. The number of carbonyl (C=O) groups is 1. The molecule has 26 heavy (non-hydrogen) atoms. The lowest BCUT2D eigenvalue weighted by atomic mass is 10.1. The highest BCUT2D eigenvalue weighted by Gasteiger charge is 2.21. The van der Waals surface area contributed by atoms with Gasteiger partial charge in [-0.05, 0) is 30.3 Å². The number of ether oxygens (including phenoxy) is 3. The molecule has 1 aliphatic heterocycles. The average molecular weight is 402 g/mol. The summed E-state index contributed by atoms with van der Waals surface area (Å²) in [4.78, 5) is 11.8. The summed E-state index contributed by atoms with van der Waals surface area (Å²) in [6, 6.07) is 5.83. The number of primary sulfonamides is 1. The predicted molar refractivity (Wildman–Crippen MR) is 88.6 cm³/mol. The average Bonchev–Trinajstić information content (AvgIpc) is 2.58. The van der Waals surface area contributed by atoms with Gasteiger partial charge < -0.3 is 14.2 Å². The number of esters is 1. The van der Waals surface area contributed by atoms with E-state index < -0.39 is 32.3 Å². The third kappa shape index (κ3) is 3.96. The van der Waals surface area contributed by atoms with E-state index in [2.05, 4.69) is 0 Å². The van der Waals surface area contributed by atoms with Crippen LogP contribution in [0, 0.1) is 5.82 Å². The third-order valence-electron chi connectivity index (χ3n) is 3.60. The van der Waals surface area contributed by atoms with E-state index in [1.807, 2.05) is 0 Å². The zero-order valence-corrected chi connectivity index (χ0v) is 14.8. The van der Waals surface area contributed by atoms with Crippen LogP contribution in [0.1, 0.15) is 21.5 Å². The fourth-order valence-corrected chi connectivity index (χ4v) is 3.23. The first-order chi connectivity index (χ1) is 12.3. The van der Waals surface area contributed by atoms with Crippen molar-refractivity contribution in [3.8, 4) is 5.75 Å². The summed E-state index contributed by atoms with van der Waals surface area (Å²) in [5.41, 5.74) is 0.626. The first-order valence-electron chi connectivity index (χ1n) is 7.27. The quantitative estimate of drug-likeness (QED) is 0.788. The number of carbonyl (C=O) groups excluding carboxylic acids is 1. The van der Waals surface area contributed by atoms with Crippen LogP contribution in [-0.4, -0.2) is 21.2 Å². The van der Waals surface area contributed by atoms with Gasteiger partial charge >= 0.3 is 5.97 Å². The van der Waals surface area contributed by atoms with Gasteiger partial charge in [-0.3, -0.25) is 0 Å². The van der Waals surface area contributed by atoms with Crippen molar-refractivity contribution in [2.45, 2.75) is 18.1 Å². The van der Waals surface area contributed by atoms with Crippen LogP contribution < -0.4 is 9.88 Å². The van der Waals surface area contributed by atoms with Crippen LogP contribution in [0.15, 0.2) is 35.2 Å². The fraction of sp³-hybridized carbons (Fsp3) is 0.188. The lowest BCUT2D eigenvalue weighted by Gasteiger charge is -2.21. The van der Waals surface area contributed by atoms with Gasteiger partial charge in [0.15, 0.2) is 6.79 Å². The number of hydrogen-bond acceptors (Lipinski definition) is 6. The Morgan fingerprint density at radius 1 is 1.31 bits per heavy atom. The van der Waals surface area contributed by atoms with E-state index in [1.165, 1.54) is 0 Å². The number of benzene rings is 2. The maximum Gasteiger partial charge on any atom is 0.341 e. The summed E-state index contributed by atoms with van der Waals surface area (Å²) in [5, 5.41) is 5.38. The molecule has 0 saturated heterocycles. The van der Waals surface area contributed by atoms with Crippen molar-refractivity contribution in [2.24, 2.45) is 5.14 Å². The van der Waals surface area contributed by atoms with Crippen molar-refractivity contribution in [1.29, 1.82) is 0 Å². The van der Waals surface area contributed by atoms with Gasteiger partial charge in [0.25, 0.3) is 0 Å². The van der Waals surface area contributed by atoms with Crippen molar-refractivity contribution >= 4 is 27.6 Å². The van der Waals surface area contributed by atoms with Crippen LogP contribution >= 0.6 is 11.6 Å². The van der Waals surface area contributed by atoms with E-state index in [4.69, 9.17) is 31.0 Å². The largest absolute Gasteiger partial charge is 0.467 e. The maximum atomic E-state index is 13.9. The fourth-order valence-electron chi connectivity index (χ4n) is 2.42. The Bertz CT molecular complexity index is 979. The van der Waals surface area contributed by atoms with E-state index in [0.29, 0.717) is 28.5 Å². The van der Waals surface area contributed by atoms with E-state index in [1.54, 1.807) is 12.1 Å². The number of fused-ring (bicyclic) bond motifs is 1. The second-order valence-electron chi connectivity index (χ2n) is 5.43. The van der Waals surface area contributed by atoms with Crippen LogP contribution in [0.4, 0.5) is 4.39 Å². The molecule has 0 fully saturated rings. The molecule has 0 amide bonds. The SMILES string of the molecule is NS(=O)(=O)c1ccc(F)c(C(=O)OCc2cc(Cl)cc3c2OCOC3)c1. The van der Waals surface area contributed by atoms with E-state index in [0.717, 1.165) is 18.2 Å². The second kappa shape index (κ2) is 7.20. The Morgan fingerprint density at radius 2 is 2.08 bits per heavy atom. The molecule has 2 N–H and O–H groups in total. The zero-order valence-electron chi connectivity index (χ0n) is 13.2. The van der Waals surface area contributed by atoms with Crippen molar-refractivity contribution in [3.63, 3.8) is 0 Å². The first-order valence-corrected chi connectivity index (χ1v) is 9.19. The molecule has 7 nitrogen and oxygen atoms in total. The lowest BCUT2D eigenvalue weighted by Crippen LogP contribution is -2.16. The Kier molecular flexibility index (Phi) is 5.15. The zero-order chi connectivity index (χ0) is 18.9. The van der Waals surface area contributed by atoms with Crippen LogP contribution in [0.5, 0.6) is 5.75 Å². The second-order valence-corrected chi connectivity index (χ2v) is 7.42. The lowest BCUT2D eigenvalue weighted by molar-refractivity contribution is -0.0180. The van der Waals surface area contributed by atoms with Crippen molar-refractivity contribution in [3.05, 3.63) is 57.9 Å². The standard InChI is InChI=1S/C16H13ClFNO6S/c17-11-3-9-6-23-8-25-15(9)10(4-11)7-24-16(20)13-5-12(26(19,21)22)1-2-14(13)18/h1-5H,6-8H2,(H2,19,21,22). The van der Waals surface area contributed by atoms with E-state index >= 15 is 0 Å². The highest BCUT2D eigenvalue weighted by molar-refractivity contribution is 7.89. The molecule has 0 bridgehead atoms. The molecular weight excluding hydrogens is 389 g/mol. The highest BCUT2D eigenvalue weighted by Crippen LogP contribution is 2.32. The van der Waals surface area contributed by atoms with Gasteiger partial charge in [-0.2, -0.15) is 0 Å². The van der Waals surface area contributed by atoms with Crippen LogP contribution in [-0.2, 0) is 32.7 Å². The van der Waals surface area contributed by atoms with Gasteiger partial charge in [-0.25, -0.2) is 22.7 Å². The molecule has 2 aromatic rings. The maximum absolute atomic E-state index is 13.9. The summed E-state index contributed by atoms with van der Waals surface area (Å²) in [6.07, 6.45) is 0. The summed E-state index contributed by atoms with van der Waals surface area (Å²) in [7, 11) is -4.09. The molecule has 1 aliphatic rings. The third-order valence-corrected chi connectivity index (χ3v) is 4.73. The summed E-state index contributed by atoms with van der Waals surface area (Å²) in [6.45, 7) is 0.0866. The number of nitrogens with two attached hydrogens (primary N) is 1. The molecule has 0 spiro atoms. The molecule has 138 valence electrons. The van der Waals surface area contributed by atoms with Gasteiger partial charge in [0.2, 0.25) is 10.0 Å². The molecule has 0 aliphatic carbocycles. The smallest absolute Gasteiger partial charge is 0.341 e. The van der Waals surface area contributed by atoms with E-state index in [9.17, 15) is 17.6 Å². The summed E-state index contributed by atoms with van der Waals surface area (Å²) < 4.78 is 52.2. The predicted octanol–water partition coefficient (Wildman–Crippen LogP) is 2.35. The van der Waals surface area contributed by atoms with Crippen molar-refractivity contribution < 1.29 is 31.8 Å². The first kappa shape index (κ1) is 18.6. The Labute approximate surface area is 153 Å². The van der Waals surface area contributed by atoms with Crippen molar-refractivity contribution in [2.75, 3.05) is 6.79 Å². The molecule has 0 atom stereocenters. The van der Waals surface area contributed by atoms with Crippen molar-refractivity contribution in [1.82, 2.24) is 0 Å². The van der Waals surface area contributed by atoms with Crippen LogP contribution in [0.3, 0.4) is 0 Å². The summed E-state index contributed by atoms with van der Waals surface area (Å²) in [5.74, 6) is -1.50. The molecular formula is C16H13ClFNO6S. The normalized spacial score (nSPS) is 13.7. The number of rotatable bonds is 4. The van der Waals surface area contributed by atoms with Gasteiger partial charge in [0, 0.05) is 16.1 Å². The topological polar surface area (TPSA) is 105 Å². The molecule has 3 rings (SSSR count). The minimum atomic E-state index is -4.09. The Balaban J connectivity index is 1.83. The minimum Gasteiger partial charge on any atom is -0.467 e. The van der Waals surface area contributed by atoms with Gasteiger partial charge in [-0.1, -0.05) is 11.6 Å². The summed E-state index contributed by atoms with van der Waals surface area (Å²) >= 11 is 6.02. The highest BCUT2D eigenvalue weighted by atomic mass is 35.5. The molecule has 10 heteroatoms. The molecule has 0 radical (unpaired) electrons. The van der Waals surface area contributed by atoms with Gasteiger partial charge in [-0.15, -0.1) is 0 Å². The minimum absolute atomic E-state index is 0.0423. The monoisotopic (exact) mass is 401 g/mol. The van der Waals surface area contributed by atoms with E-state index in [-0.39, 0.29) is 13.4 Å². The molecule has 0 saturated carbocycles. The number of sulfonamides is 1. The molecule has 1 heterocycles. The number of hydrogen-bond donors (Lipinski definition) is 1. The van der Waals surface area contributed by atoms with Gasteiger partial charge in [0.05, 0.1) is 17.1 Å². The van der Waals surface area contributed by atoms with Gasteiger partial charge in [0.1, 0.15) is 18.2 Å². The number of halogens is 2.